The third-order valence-electron chi connectivity index (χ3n) is 6.51. The van der Waals surface area contributed by atoms with E-state index in [2.05, 4.69) is 10.3 Å². The highest BCUT2D eigenvalue weighted by atomic mass is 19.1. The Balaban J connectivity index is 1.41. The Morgan fingerprint density at radius 2 is 1.59 bits per heavy atom. The van der Waals surface area contributed by atoms with Crippen molar-refractivity contribution in [3.63, 3.8) is 0 Å². The summed E-state index contributed by atoms with van der Waals surface area (Å²) in [6.07, 6.45) is 1.60. The minimum Gasteiger partial charge on any atom is -0.478 e. The Bertz CT molecular complexity index is 1940. The Kier molecular flexibility index (Phi) is 6.40. The number of nitrogen functional groups attached to an aromatic ring is 1. The van der Waals surface area contributed by atoms with Crippen molar-refractivity contribution in [2.75, 3.05) is 11.1 Å². The number of carboxylic acids is 1. The van der Waals surface area contributed by atoms with Crippen molar-refractivity contribution in [1.29, 1.82) is 0 Å². The van der Waals surface area contributed by atoms with Gasteiger partial charge in [-0.25, -0.2) is 24.1 Å². The highest BCUT2D eigenvalue weighted by molar-refractivity contribution is 6.06. The molecule has 6 rings (SSSR count). The standard InChI is InChI=1S/C31H21FN6O3/c32-26-21(8-4-9-22(26)31(40)41)30(39)35-19-11-13-20(14-12-19)38-28(23-10-5-17-34-27(23)33)37-25-16-15-24(36-29(25)38)18-6-2-1-3-7-18/h1-17H,(H2,33,34)(H,35,39)(H,40,41). The van der Waals surface area contributed by atoms with Crippen LogP contribution in [0.3, 0.4) is 0 Å². The Morgan fingerprint density at radius 1 is 0.829 bits per heavy atom. The molecule has 41 heavy (non-hydrogen) atoms. The van der Waals surface area contributed by atoms with Gasteiger partial charge in [0.2, 0.25) is 0 Å². The van der Waals surface area contributed by atoms with Gasteiger partial charge in [0.25, 0.3) is 5.91 Å². The smallest absolute Gasteiger partial charge is 0.338 e. The van der Waals surface area contributed by atoms with Crippen LogP contribution >= 0.6 is 0 Å². The minimum absolute atomic E-state index is 0.307. The van der Waals surface area contributed by atoms with Crippen LogP contribution < -0.4 is 11.1 Å². The number of aromatic carboxylic acids is 1. The minimum atomic E-state index is -1.46. The number of imidazole rings is 1. The van der Waals surface area contributed by atoms with Crippen molar-refractivity contribution in [2.45, 2.75) is 0 Å². The highest BCUT2D eigenvalue weighted by Crippen LogP contribution is 2.32. The van der Waals surface area contributed by atoms with E-state index in [0.29, 0.717) is 39.7 Å². The molecule has 6 aromatic rings. The van der Waals surface area contributed by atoms with Crippen LogP contribution in [-0.4, -0.2) is 36.5 Å². The Morgan fingerprint density at radius 3 is 2.32 bits per heavy atom. The van der Waals surface area contributed by atoms with Gasteiger partial charge in [-0.15, -0.1) is 0 Å². The zero-order valence-electron chi connectivity index (χ0n) is 21.3. The first-order valence-corrected chi connectivity index (χ1v) is 12.5. The van der Waals surface area contributed by atoms with Gasteiger partial charge in [-0.3, -0.25) is 9.36 Å². The van der Waals surface area contributed by atoms with E-state index in [9.17, 15) is 14.0 Å². The molecule has 9 nitrogen and oxygen atoms in total. The van der Waals surface area contributed by atoms with Gasteiger partial charge < -0.3 is 16.2 Å². The number of carbonyl (C=O) groups excluding carboxylic acids is 1. The molecular formula is C31H21FN6O3. The first-order chi connectivity index (χ1) is 19.9. The number of amides is 1. The number of anilines is 2. The second-order valence-electron chi connectivity index (χ2n) is 9.09. The molecule has 0 fully saturated rings. The Hall–Kier alpha value is -5.90. The number of carboxylic acid groups (broad SMARTS) is 1. The number of pyridine rings is 2. The fraction of sp³-hybridized carbons (Fsp3) is 0. The maximum atomic E-state index is 14.6. The molecule has 0 saturated heterocycles. The van der Waals surface area contributed by atoms with E-state index in [-0.39, 0.29) is 5.56 Å². The van der Waals surface area contributed by atoms with Gasteiger partial charge >= 0.3 is 5.97 Å². The molecule has 3 aromatic heterocycles. The van der Waals surface area contributed by atoms with Crippen molar-refractivity contribution in [3.05, 3.63) is 120 Å². The first kappa shape index (κ1) is 25.4. The second-order valence-corrected chi connectivity index (χ2v) is 9.09. The van der Waals surface area contributed by atoms with E-state index in [4.69, 9.17) is 20.8 Å². The van der Waals surface area contributed by atoms with Crippen LogP contribution in [0.5, 0.6) is 0 Å². The first-order valence-electron chi connectivity index (χ1n) is 12.5. The van der Waals surface area contributed by atoms with Crippen LogP contribution in [0.15, 0.2) is 103 Å². The van der Waals surface area contributed by atoms with Crippen LogP contribution in [0.4, 0.5) is 15.9 Å². The van der Waals surface area contributed by atoms with E-state index in [1.165, 1.54) is 12.1 Å². The van der Waals surface area contributed by atoms with Crippen molar-refractivity contribution >= 4 is 34.5 Å². The number of fused-ring (bicyclic) bond motifs is 1. The quantitative estimate of drug-likeness (QED) is 0.240. The molecule has 0 aliphatic carbocycles. The number of nitrogens with zero attached hydrogens (tertiary/aromatic N) is 4. The molecule has 3 aromatic carbocycles. The van der Waals surface area contributed by atoms with Gasteiger partial charge in [0.15, 0.2) is 11.5 Å². The van der Waals surface area contributed by atoms with Crippen molar-refractivity contribution in [3.8, 4) is 28.3 Å². The lowest BCUT2D eigenvalue weighted by molar-refractivity contribution is 0.0692. The van der Waals surface area contributed by atoms with E-state index >= 15 is 0 Å². The summed E-state index contributed by atoms with van der Waals surface area (Å²) in [6.45, 7) is 0. The van der Waals surface area contributed by atoms with Gasteiger partial charge in [0.1, 0.15) is 17.2 Å². The largest absolute Gasteiger partial charge is 0.478 e. The number of hydrogen-bond acceptors (Lipinski definition) is 6. The lowest BCUT2D eigenvalue weighted by atomic mass is 10.1. The molecule has 0 aliphatic rings. The van der Waals surface area contributed by atoms with Gasteiger partial charge in [0.05, 0.1) is 22.4 Å². The third kappa shape index (κ3) is 4.74. The molecule has 0 spiro atoms. The van der Waals surface area contributed by atoms with Gasteiger partial charge in [0, 0.05) is 23.1 Å². The number of halogens is 1. The molecule has 1 amide bonds. The van der Waals surface area contributed by atoms with Crippen LogP contribution in [0.1, 0.15) is 20.7 Å². The zero-order chi connectivity index (χ0) is 28.5. The molecule has 10 heteroatoms. The summed E-state index contributed by atoms with van der Waals surface area (Å²) in [6, 6.07) is 27.6. The lowest BCUT2D eigenvalue weighted by Gasteiger charge is -2.12. The number of benzene rings is 3. The average molecular weight is 545 g/mol. The molecule has 0 aliphatic heterocycles. The van der Waals surface area contributed by atoms with Gasteiger partial charge in [-0.1, -0.05) is 36.4 Å². The number of carbonyl (C=O) groups is 2. The summed E-state index contributed by atoms with van der Waals surface area (Å²) in [5.74, 6) is -2.49. The van der Waals surface area contributed by atoms with Crippen LogP contribution in [0.2, 0.25) is 0 Å². The predicted molar refractivity (Wildman–Crippen MR) is 153 cm³/mol. The number of aromatic nitrogens is 4. The fourth-order valence-electron chi connectivity index (χ4n) is 4.52. The summed E-state index contributed by atoms with van der Waals surface area (Å²) in [7, 11) is 0. The summed E-state index contributed by atoms with van der Waals surface area (Å²) in [4.78, 5) is 38.0. The molecular weight excluding hydrogens is 523 g/mol. The van der Waals surface area contributed by atoms with E-state index in [0.717, 1.165) is 17.3 Å². The van der Waals surface area contributed by atoms with Gasteiger partial charge in [-0.05, 0) is 60.7 Å². The number of hydrogen-bond donors (Lipinski definition) is 3. The summed E-state index contributed by atoms with van der Waals surface area (Å²) in [5.41, 5.74) is 9.90. The van der Waals surface area contributed by atoms with Crippen molar-refractivity contribution < 1.29 is 19.1 Å². The maximum absolute atomic E-state index is 14.6. The third-order valence-corrected chi connectivity index (χ3v) is 6.51. The van der Waals surface area contributed by atoms with Crippen LogP contribution in [-0.2, 0) is 0 Å². The highest BCUT2D eigenvalue weighted by Gasteiger charge is 2.20. The molecule has 0 saturated carbocycles. The molecule has 0 radical (unpaired) electrons. The maximum Gasteiger partial charge on any atom is 0.338 e. The molecule has 200 valence electrons. The normalized spacial score (nSPS) is 11.0. The predicted octanol–water partition coefficient (Wildman–Crippen LogP) is 5.82. The molecule has 0 atom stereocenters. The van der Waals surface area contributed by atoms with Crippen molar-refractivity contribution in [1.82, 2.24) is 19.5 Å². The van der Waals surface area contributed by atoms with E-state index in [1.807, 2.05) is 53.1 Å². The Labute approximate surface area is 232 Å². The molecule has 3 heterocycles. The monoisotopic (exact) mass is 544 g/mol. The number of nitrogens with one attached hydrogen (secondary N) is 1. The molecule has 4 N–H and O–H groups in total. The topological polar surface area (TPSA) is 136 Å². The lowest BCUT2D eigenvalue weighted by Crippen LogP contribution is -2.16. The summed E-state index contributed by atoms with van der Waals surface area (Å²) >= 11 is 0. The molecule has 0 bridgehead atoms. The van der Waals surface area contributed by atoms with Crippen LogP contribution in [0, 0.1) is 5.82 Å². The van der Waals surface area contributed by atoms with E-state index < -0.39 is 23.3 Å². The number of nitrogens with two attached hydrogens (primary N) is 1. The van der Waals surface area contributed by atoms with Crippen LogP contribution in [0.25, 0.3) is 39.5 Å². The van der Waals surface area contributed by atoms with Crippen molar-refractivity contribution in [2.24, 2.45) is 0 Å². The SMILES string of the molecule is Nc1ncccc1-c1nc2ccc(-c3ccccc3)nc2n1-c1ccc(NC(=O)c2cccc(C(=O)O)c2F)cc1. The second kappa shape index (κ2) is 10.3. The summed E-state index contributed by atoms with van der Waals surface area (Å²) < 4.78 is 16.5. The average Bonchev–Trinajstić information content (AvgIpc) is 3.36. The van der Waals surface area contributed by atoms with E-state index in [1.54, 1.807) is 36.5 Å². The van der Waals surface area contributed by atoms with Gasteiger partial charge in [-0.2, -0.15) is 0 Å². The molecule has 0 unspecified atom stereocenters. The summed E-state index contributed by atoms with van der Waals surface area (Å²) in [5, 5.41) is 11.8. The zero-order valence-corrected chi connectivity index (χ0v) is 21.3. The number of rotatable bonds is 6. The fourth-order valence-corrected chi connectivity index (χ4v) is 4.52.